The molecular weight excluding hydrogens is 468 g/mol. The molecule has 15 nitrogen and oxygen atoms in total. The van der Waals surface area contributed by atoms with Crippen molar-refractivity contribution in [3.8, 4) is 0 Å². The Hall–Kier alpha value is -4.14. The van der Waals surface area contributed by atoms with E-state index in [-0.39, 0.29) is 35.4 Å². The van der Waals surface area contributed by atoms with Gasteiger partial charge in [0.25, 0.3) is 0 Å². The van der Waals surface area contributed by atoms with Crippen LogP contribution in [0, 0.1) is 0 Å². The number of amides is 2. The summed E-state index contributed by atoms with van der Waals surface area (Å²) < 4.78 is 21.7. The summed E-state index contributed by atoms with van der Waals surface area (Å²) in [6.07, 6.45) is -4.37. The topological polar surface area (TPSA) is 201 Å². The molecule has 0 bridgehead atoms. The van der Waals surface area contributed by atoms with E-state index >= 15 is 0 Å². The quantitative estimate of drug-likeness (QED) is 0.349. The summed E-state index contributed by atoms with van der Waals surface area (Å²) >= 11 is 0. The van der Waals surface area contributed by atoms with E-state index < -0.39 is 54.1 Å². The van der Waals surface area contributed by atoms with E-state index in [4.69, 9.17) is 18.9 Å². The van der Waals surface area contributed by atoms with E-state index in [1.165, 1.54) is 34.6 Å². The zero-order valence-corrected chi connectivity index (χ0v) is 19.5. The molecule has 0 saturated carbocycles. The van der Waals surface area contributed by atoms with Gasteiger partial charge in [-0.25, -0.2) is 4.98 Å². The maximum atomic E-state index is 11.8. The minimum absolute atomic E-state index is 0.0278. The zero-order valence-electron chi connectivity index (χ0n) is 19.5. The predicted octanol–water partition coefficient (Wildman–Crippen LogP) is 0.136. The molecule has 35 heavy (non-hydrogen) atoms. The molecule has 1 unspecified atom stereocenters. The highest BCUT2D eigenvalue weighted by Crippen LogP contribution is 2.37. The Balaban J connectivity index is 2.07. The molecule has 4 atom stereocenters. The second-order valence-corrected chi connectivity index (χ2v) is 7.62. The standard InChI is InChI=1S/C20H24N6O9/c1-7(27)21-17-13-18(26-20(25-17)22-8(2)28)24-19(23-13)16-15(34-11(5)31)14(33-10(4)30)12(35-16)6-32-9(3)29/h12,14-16H,6H2,1-5H3,(H3,21,22,23,24,25,26,27,28)/t12-,14-,15-,16?/m1/s1. The first-order valence-corrected chi connectivity index (χ1v) is 10.4. The van der Waals surface area contributed by atoms with E-state index in [1.54, 1.807) is 0 Å². The Morgan fingerprint density at radius 2 is 1.49 bits per heavy atom. The summed E-state index contributed by atoms with van der Waals surface area (Å²) in [5.41, 5.74) is 0.252. The van der Waals surface area contributed by atoms with Crippen LogP contribution in [0.3, 0.4) is 0 Å². The number of H-pyrrole nitrogens is 1. The van der Waals surface area contributed by atoms with Gasteiger partial charge in [0.15, 0.2) is 29.8 Å². The summed E-state index contributed by atoms with van der Waals surface area (Å²) in [6, 6.07) is 0. The number of imidazole rings is 1. The summed E-state index contributed by atoms with van der Waals surface area (Å²) in [5.74, 6) is -2.83. The third-order valence-corrected chi connectivity index (χ3v) is 4.59. The lowest BCUT2D eigenvalue weighted by Gasteiger charge is -2.22. The smallest absolute Gasteiger partial charge is 0.303 e. The van der Waals surface area contributed by atoms with Crippen LogP contribution >= 0.6 is 0 Å². The minimum Gasteiger partial charge on any atom is -0.463 e. The number of rotatable bonds is 7. The summed E-state index contributed by atoms with van der Waals surface area (Å²) in [4.78, 5) is 73.6. The lowest BCUT2D eigenvalue weighted by atomic mass is 10.1. The Labute approximate surface area is 198 Å². The predicted molar refractivity (Wildman–Crippen MR) is 116 cm³/mol. The van der Waals surface area contributed by atoms with E-state index in [0.717, 1.165) is 0 Å². The number of nitrogens with zero attached hydrogens (tertiary/aromatic N) is 3. The Bertz CT molecular complexity index is 1180. The summed E-state index contributed by atoms with van der Waals surface area (Å²) in [5, 5.41) is 4.93. The molecule has 188 valence electrons. The third kappa shape index (κ3) is 6.26. The van der Waals surface area contributed by atoms with Crippen molar-refractivity contribution in [3.63, 3.8) is 0 Å². The molecule has 2 amide bonds. The largest absolute Gasteiger partial charge is 0.463 e. The molecular formula is C20H24N6O9. The van der Waals surface area contributed by atoms with Crippen molar-refractivity contribution < 1.29 is 42.9 Å². The summed E-state index contributed by atoms with van der Waals surface area (Å²) in [7, 11) is 0. The second kappa shape index (κ2) is 10.4. The molecule has 0 aromatic carbocycles. The molecule has 3 rings (SSSR count). The number of carbonyl (C=O) groups excluding carboxylic acids is 5. The van der Waals surface area contributed by atoms with Crippen LogP contribution in [0.15, 0.2) is 0 Å². The van der Waals surface area contributed by atoms with Gasteiger partial charge in [0.2, 0.25) is 17.8 Å². The molecule has 0 aliphatic carbocycles. The number of nitrogens with one attached hydrogen (secondary N) is 3. The average Bonchev–Trinajstić information content (AvgIpc) is 3.27. The van der Waals surface area contributed by atoms with E-state index in [2.05, 4.69) is 30.6 Å². The second-order valence-electron chi connectivity index (χ2n) is 7.62. The van der Waals surface area contributed by atoms with Crippen LogP contribution in [-0.2, 0) is 42.9 Å². The number of anilines is 2. The fraction of sp³-hybridized carbons (Fsp3) is 0.500. The molecule has 0 spiro atoms. The molecule has 1 saturated heterocycles. The van der Waals surface area contributed by atoms with Crippen molar-refractivity contribution in [1.82, 2.24) is 19.9 Å². The molecule has 1 fully saturated rings. The van der Waals surface area contributed by atoms with Gasteiger partial charge >= 0.3 is 17.9 Å². The van der Waals surface area contributed by atoms with Crippen LogP contribution in [-0.4, -0.2) is 74.6 Å². The van der Waals surface area contributed by atoms with Crippen LogP contribution < -0.4 is 10.6 Å². The number of hydrogen-bond acceptors (Lipinski definition) is 12. The number of hydrogen-bond donors (Lipinski definition) is 3. The lowest BCUT2D eigenvalue weighted by Crippen LogP contribution is -2.40. The van der Waals surface area contributed by atoms with Gasteiger partial charge in [0, 0.05) is 34.6 Å². The Morgan fingerprint density at radius 1 is 0.857 bits per heavy atom. The molecule has 0 radical (unpaired) electrons. The van der Waals surface area contributed by atoms with E-state index in [9.17, 15) is 24.0 Å². The van der Waals surface area contributed by atoms with Crippen molar-refractivity contribution in [2.24, 2.45) is 0 Å². The van der Waals surface area contributed by atoms with Crippen LogP contribution in [0.1, 0.15) is 46.5 Å². The number of aromatic nitrogens is 4. The van der Waals surface area contributed by atoms with Crippen LogP contribution in [0.25, 0.3) is 11.2 Å². The fourth-order valence-electron chi connectivity index (χ4n) is 3.46. The zero-order chi connectivity index (χ0) is 25.9. The third-order valence-electron chi connectivity index (χ3n) is 4.59. The molecule has 1 aliphatic heterocycles. The first-order valence-electron chi connectivity index (χ1n) is 10.4. The van der Waals surface area contributed by atoms with Gasteiger partial charge in [-0.1, -0.05) is 0 Å². The van der Waals surface area contributed by atoms with Gasteiger partial charge in [-0.3, -0.25) is 29.3 Å². The molecule has 3 heterocycles. The maximum Gasteiger partial charge on any atom is 0.303 e. The van der Waals surface area contributed by atoms with Gasteiger partial charge in [0.1, 0.15) is 24.1 Å². The fourth-order valence-corrected chi connectivity index (χ4v) is 3.46. The van der Waals surface area contributed by atoms with Gasteiger partial charge < -0.3 is 29.2 Å². The van der Waals surface area contributed by atoms with Crippen molar-refractivity contribution in [3.05, 3.63) is 5.82 Å². The highest BCUT2D eigenvalue weighted by Gasteiger charge is 2.51. The van der Waals surface area contributed by atoms with Crippen molar-refractivity contribution >= 4 is 52.7 Å². The van der Waals surface area contributed by atoms with Crippen LogP contribution in [0.5, 0.6) is 0 Å². The SMILES string of the molecule is CC(=O)Nc1nc(NC(C)=O)c2[nH]c(C3O[C@H](COC(C)=O)[C@@H](OC(C)=O)[C@H]3OC(C)=O)nc2n1. The van der Waals surface area contributed by atoms with Gasteiger partial charge in [-0.05, 0) is 0 Å². The number of esters is 3. The summed E-state index contributed by atoms with van der Waals surface area (Å²) in [6.45, 7) is 5.77. The van der Waals surface area contributed by atoms with Crippen LogP contribution in [0.4, 0.5) is 11.8 Å². The van der Waals surface area contributed by atoms with Crippen molar-refractivity contribution in [2.75, 3.05) is 17.2 Å². The minimum atomic E-state index is -1.16. The highest BCUT2D eigenvalue weighted by molar-refractivity contribution is 5.97. The van der Waals surface area contributed by atoms with E-state index in [0.29, 0.717) is 0 Å². The Morgan fingerprint density at radius 3 is 2.06 bits per heavy atom. The highest BCUT2D eigenvalue weighted by atomic mass is 16.6. The first kappa shape index (κ1) is 25.5. The molecule has 15 heteroatoms. The van der Waals surface area contributed by atoms with Crippen molar-refractivity contribution in [2.45, 2.75) is 59.0 Å². The van der Waals surface area contributed by atoms with Gasteiger partial charge in [0.05, 0.1) is 0 Å². The van der Waals surface area contributed by atoms with E-state index in [1.807, 2.05) is 0 Å². The first-order chi connectivity index (χ1) is 16.4. The number of aromatic amines is 1. The molecule has 2 aromatic heterocycles. The number of ether oxygens (including phenoxy) is 4. The maximum absolute atomic E-state index is 11.8. The monoisotopic (exact) mass is 492 g/mol. The molecule has 3 N–H and O–H groups in total. The number of carbonyl (C=O) groups is 5. The van der Waals surface area contributed by atoms with Crippen molar-refractivity contribution in [1.29, 1.82) is 0 Å². The molecule has 1 aliphatic rings. The molecule has 2 aromatic rings. The van der Waals surface area contributed by atoms with Gasteiger partial charge in [-0.2, -0.15) is 9.97 Å². The average molecular weight is 492 g/mol. The number of fused-ring (bicyclic) bond motifs is 1. The lowest BCUT2D eigenvalue weighted by molar-refractivity contribution is -0.165. The van der Waals surface area contributed by atoms with Gasteiger partial charge in [-0.15, -0.1) is 0 Å². The normalized spacial score (nSPS) is 21.3. The van der Waals surface area contributed by atoms with Crippen LogP contribution in [0.2, 0.25) is 0 Å². The Kier molecular flexibility index (Phi) is 7.58.